The van der Waals surface area contributed by atoms with Gasteiger partial charge < -0.3 is 15.5 Å². The van der Waals surface area contributed by atoms with Crippen molar-refractivity contribution in [2.45, 2.75) is 25.4 Å². The van der Waals surface area contributed by atoms with Crippen molar-refractivity contribution < 1.29 is 19.0 Å². The maximum atomic E-state index is 13.5. The highest BCUT2D eigenvalue weighted by Gasteiger charge is 2.26. The molecule has 1 aromatic rings. The van der Waals surface area contributed by atoms with E-state index in [-0.39, 0.29) is 18.7 Å². The molecule has 0 aliphatic heterocycles. The lowest BCUT2D eigenvalue weighted by atomic mass is 9.97. The number of rotatable bonds is 6. The highest BCUT2D eigenvalue weighted by molar-refractivity contribution is 5.21. The average Bonchev–Trinajstić information content (AvgIpc) is 2.89. The fourth-order valence-corrected chi connectivity index (χ4v) is 2.91. The topological polar surface area (TPSA) is 52.5 Å². The van der Waals surface area contributed by atoms with Crippen molar-refractivity contribution in [3.8, 4) is 0 Å². The average molecular weight is 285 g/mol. The third-order valence-electron chi connectivity index (χ3n) is 4.11. The molecule has 3 unspecified atom stereocenters. The minimum Gasteiger partial charge on any atom is -0.396 e. The molecule has 1 aliphatic carbocycles. The van der Waals surface area contributed by atoms with Gasteiger partial charge >= 0.3 is 0 Å². The van der Waals surface area contributed by atoms with Crippen LogP contribution in [0.3, 0.4) is 0 Å². The van der Waals surface area contributed by atoms with Gasteiger partial charge in [-0.15, -0.1) is 0 Å². The summed E-state index contributed by atoms with van der Waals surface area (Å²) in [6, 6.07) is 3.07. The molecule has 0 spiro atoms. The number of hydrogen-bond acceptors (Lipinski definition) is 3. The van der Waals surface area contributed by atoms with Crippen molar-refractivity contribution in [3.05, 3.63) is 35.4 Å². The van der Waals surface area contributed by atoms with E-state index in [0.717, 1.165) is 37.5 Å². The summed E-state index contributed by atoms with van der Waals surface area (Å²) in [6.07, 6.45) is 2.13. The van der Waals surface area contributed by atoms with Crippen LogP contribution in [0.1, 0.15) is 30.9 Å². The van der Waals surface area contributed by atoms with Crippen LogP contribution in [0.15, 0.2) is 18.2 Å². The molecule has 0 saturated heterocycles. The minimum absolute atomic E-state index is 0.0253. The molecule has 5 heteroatoms. The molecular formula is C15H21F2NO2. The molecule has 112 valence electrons. The summed E-state index contributed by atoms with van der Waals surface area (Å²) >= 11 is 0. The van der Waals surface area contributed by atoms with Gasteiger partial charge in [-0.1, -0.05) is 6.42 Å². The van der Waals surface area contributed by atoms with Gasteiger partial charge in [0.1, 0.15) is 11.6 Å². The largest absolute Gasteiger partial charge is 0.396 e. The van der Waals surface area contributed by atoms with Gasteiger partial charge in [0.25, 0.3) is 0 Å². The molecule has 0 radical (unpaired) electrons. The molecule has 20 heavy (non-hydrogen) atoms. The lowest BCUT2D eigenvalue weighted by Crippen LogP contribution is -2.30. The van der Waals surface area contributed by atoms with E-state index >= 15 is 0 Å². The van der Waals surface area contributed by atoms with Gasteiger partial charge in [0.2, 0.25) is 0 Å². The number of aliphatic hydroxyl groups excluding tert-OH is 2. The molecule has 0 heterocycles. The second-order valence-electron chi connectivity index (χ2n) is 5.47. The molecule has 1 aromatic carbocycles. The number of hydrogen-bond donors (Lipinski definition) is 3. The first-order chi connectivity index (χ1) is 9.61. The summed E-state index contributed by atoms with van der Waals surface area (Å²) in [5.74, 6) is -0.457. The van der Waals surface area contributed by atoms with E-state index in [2.05, 4.69) is 5.32 Å². The fraction of sp³-hybridized carbons (Fsp3) is 0.600. The van der Waals surface area contributed by atoms with Gasteiger partial charge in [-0.05, 0) is 49.4 Å². The van der Waals surface area contributed by atoms with E-state index in [1.165, 1.54) is 0 Å². The van der Waals surface area contributed by atoms with Crippen LogP contribution >= 0.6 is 0 Å². The zero-order valence-electron chi connectivity index (χ0n) is 11.4. The zero-order chi connectivity index (χ0) is 14.5. The van der Waals surface area contributed by atoms with Crippen LogP contribution in [0, 0.1) is 23.5 Å². The summed E-state index contributed by atoms with van der Waals surface area (Å²) in [4.78, 5) is 0. The monoisotopic (exact) mass is 285 g/mol. The van der Waals surface area contributed by atoms with Gasteiger partial charge in [-0.25, -0.2) is 8.78 Å². The highest BCUT2D eigenvalue weighted by atomic mass is 19.1. The van der Waals surface area contributed by atoms with Crippen molar-refractivity contribution >= 4 is 0 Å². The van der Waals surface area contributed by atoms with Crippen LogP contribution in [0.5, 0.6) is 0 Å². The first kappa shape index (κ1) is 15.4. The van der Waals surface area contributed by atoms with Crippen LogP contribution in [-0.4, -0.2) is 29.9 Å². The highest BCUT2D eigenvalue weighted by Crippen LogP contribution is 2.30. The molecule has 2 rings (SSSR count). The van der Waals surface area contributed by atoms with Crippen molar-refractivity contribution in [1.82, 2.24) is 5.32 Å². The first-order valence-corrected chi connectivity index (χ1v) is 7.06. The number of nitrogens with one attached hydrogen (secondary N) is 1. The number of aliphatic hydroxyl groups is 2. The Bertz CT molecular complexity index is 442. The third-order valence-corrected chi connectivity index (χ3v) is 4.11. The second kappa shape index (κ2) is 7.11. The predicted molar refractivity (Wildman–Crippen MR) is 72.1 cm³/mol. The summed E-state index contributed by atoms with van der Waals surface area (Å²) < 4.78 is 26.5. The fourth-order valence-electron chi connectivity index (χ4n) is 2.91. The molecule has 1 aliphatic rings. The van der Waals surface area contributed by atoms with Gasteiger partial charge in [-0.2, -0.15) is 0 Å². The Morgan fingerprint density at radius 3 is 2.75 bits per heavy atom. The SMILES string of the molecule is OCC1CCCC1CNCC(O)c1cc(F)ccc1F. The normalized spacial score (nSPS) is 24.0. The zero-order valence-corrected chi connectivity index (χ0v) is 11.4. The molecule has 0 aromatic heterocycles. The Hall–Kier alpha value is -1.04. The Kier molecular flexibility index (Phi) is 5.46. The standard InChI is InChI=1S/C15H21F2NO2/c16-12-4-5-14(17)13(6-12)15(20)8-18-7-10-2-1-3-11(10)9-19/h4-6,10-11,15,18-20H,1-3,7-9H2. The molecule has 1 fully saturated rings. The van der Waals surface area contributed by atoms with Gasteiger partial charge in [0, 0.05) is 18.7 Å². The summed E-state index contributed by atoms with van der Waals surface area (Å²) in [5.41, 5.74) is -0.0253. The lowest BCUT2D eigenvalue weighted by Gasteiger charge is -2.19. The van der Waals surface area contributed by atoms with E-state index in [4.69, 9.17) is 0 Å². The van der Waals surface area contributed by atoms with Crippen molar-refractivity contribution in [2.24, 2.45) is 11.8 Å². The van der Waals surface area contributed by atoms with E-state index in [1.807, 2.05) is 0 Å². The minimum atomic E-state index is -1.07. The van der Waals surface area contributed by atoms with Crippen LogP contribution in [-0.2, 0) is 0 Å². The second-order valence-corrected chi connectivity index (χ2v) is 5.47. The van der Waals surface area contributed by atoms with Gasteiger partial charge in [0.15, 0.2) is 0 Å². The Labute approximate surface area is 117 Å². The maximum Gasteiger partial charge on any atom is 0.129 e. The molecule has 3 N–H and O–H groups in total. The van der Waals surface area contributed by atoms with E-state index in [9.17, 15) is 19.0 Å². The van der Waals surface area contributed by atoms with Gasteiger partial charge in [-0.3, -0.25) is 0 Å². The molecule has 0 bridgehead atoms. The van der Waals surface area contributed by atoms with Crippen molar-refractivity contribution in [1.29, 1.82) is 0 Å². The summed E-state index contributed by atoms with van der Waals surface area (Å²) in [7, 11) is 0. The van der Waals surface area contributed by atoms with Crippen molar-refractivity contribution in [2.75, 3.05) is 19.7 Å². The van der Waals surface area contributed by atoms with Crippen LogP contribution in [0.4, 0.5) is 8.78 Å². The third kappa shape index (κ3) is 3.75. The summed E-state index contributed by atoms with van der Waals surface area (Å²) in [6.45, 7) is 1.04. The van der Waals surface area contributed by atoms with E-state index in [1.54, 1.807) is 0 Å². The first-order valence-electron chi connectivity index (χ1n) is 7.06. The van der Waals surface area contributed by atoms with Crippen LogP contribution < -0.4 is 5.32 Å². The molecular weight excluding hydrogens is 264 g/mol. The van der Waals surface area contributed by atoms with E-state index in [0.29, 0.717) is 18.4 Å². The maximum absolute atomic E-state index is 13.5. The van der Waals surface area contributed by atoms with Gasteiger partial charge in [0.05, 0.1) is 6.10 Å². The molecule has 3 atom stereocenters. The number of halogens is 2. The quantitative estimate of drug-likeness (QED) is 0.749. The lowest BCUT2D eigenvalue weighted by molar-refractivity contribution is 0.159. The Morgan fingerprint density at radius 1 is 1.25 bits per heavy atom. The smallest absolute Gasteiger partial charge is 0.129 e. The predicted octanol–water partition coefficient (Wildman–Crippen LogP) is 2.00. The molecule has 3 nitrogen and oxygen atoms in total. The van der Waals surface area contributed by atoms with E-state index < -0.39 is 17.7 Å². The van der Waals surface area contributed by atoms with Crippen LogP contribution in [0.25, 0.3) is 0 Å². The molecule has 1 saturated carbocycles. The summed E-state index contributed by atoms with van der Waals surface area (Å²) in [5, 5.41) is 22.2. The van der Waals surface area contributed by atoms with Crippen molar-refractivity contribution in [3.63, 3.8) is 0 Å². The number of benzene rings is 1. The Morgan fingerprint density at radius 2 is 2.00 bits per heavy atom. The molecule has 0 amide bonds. The Balaban J connectivity index is 1.83. The van der Waals surface area contributed by atoms with Crippen LogP contribution in [0.2, 0.25) is 0 Å².